The highest BCUT2D eigenvalue weighted by molar-refractivity contribution is 14.1. The lowest BCUT2D eigenvalue weighted by Gasteiger charge is -2.08. The van der Waals surface area contributed by atoms with Gasteiger partial charge in [0.05, 0.1) is 0 Å². The Kier molecular flexibility index (Phi) is 7.39. The van der Waals surface area contributed by atoms with Crippen LogP contribution >= 0.6 is 22.6 Å². The maximum absolute atomic E-state index is 11.9. The van der Waals surface area contributed by atoms with E-state index in [9.17, 15) is 4.79 Å². The van der Waals surface area contributed by atoms with Crippen molar-refractivity contribution in [3.05, 3.63) is 57.7 Å². The number of carbonyl (C=O) groups excluding carboxylic acids is 1. The minimum Gasteiger partial charge on any atom is -0.484 e. The van der Waals surface area contributed by atoms with Gasteiger partial charge in [-0.15, -0.1) is 0 Å². The largest absolute Gasteiger partial charge is 0.484 e. The van der Waals surface area contributed by atoms with Gasteiger partial charge in [0.1, 0.15) is 5.75 Å². The van der Waals surface area contributed by atoms with Crippen molar-refractivity contribution in [1.29, 1.82) is 0 Å². The zero-order chi connectivity index (χ0) is 16.5. The number of benzene rings is 2. The van der Waals surface area contributed by atoms with E-state index in [1.807, 2.05) is 36.4 Å². The molecule has 0 aliphatic heterocycles. The molecule has 0 aliphatic rings. The van der Waals surface area contributed by atoms with Crippen LogP contribution in [0.25, 0.3) is 0 Å². The third-order valence-corrected chi connectivity index (χ3v) is 4.21. The first-order valence-electron chi connectivity index (χ1n) is 7.94. The molecule has 2 aromatic rings. The minimum absolute atomic E-state index is 0.0127. The van der Waals surface area contributed by atoms with Crippen LogP contribution < -0.4 is 10.1 Å². The quantitative estimate of drug-likeness (QED) is 0.477. The van der Waals surface area contributed by atoms with Gasteiger partial charge in [-0.2, -0.15) is 0 Å². The van der Waals surface area contributed by atoms with Crippen LogP contribution in [0.2, 0.25) is 0 Å². The van der Waals surface area contributed by atoms with E-state index in [0.29, 0.717) is 5.75 Å². The number of carbonyl (C=O) groups is 1. The molecule has 1 amide bonds. The molecule has 0 saturated carbocycles. The number of hydrogen-bond acceptors (Lipinski definition) is 2. The van der Waals surface area contributed by atoms with Gasteiger partial charge in [-0.25, -0.2) is 0 Å². The van der Waals surface area contributed by atoms with E-state index in [2.05, 4.69) is 47.0 Å². The van der Waals surface area contributed by atoms with Gasteiger partial charge in [-0.05, 0) is 77.4 Å². The summed E-state index contributed by atoms with van der Waals surface area (Å²) in [6.07, 6.45) is 4.80. The van der Waals surface area contributed by atoms with Crippen molar-refractivity contribution < 1.29 is 9.53 Å². The second kappa shape index (κ2) is 9.55. The van der Waals surface area contributed by atoms with Crippen LogP contribution in [-0.4, -0.2) is 12.5 Å². The number of nitrogens with one attached hydrogen (secondary N) is 1. The molecule has 0 aromatic heterocycles. The molecule has 3 nitrogen and oxygen atoms in total. The lowest BCUT2D eigenvalue weighted by Crippen LogP contribution is -2.20. The molecular weight excluding hydrogens is 401 g/mol. The SMILES string of the molecule is CCCCCc1ccc(NC(=O)COc2ccc(I)cc2)cc1. The van der Waals surface area contributed by atoms with Gasteiger partial charge in [0.2, 0.25) is 0 Å². The Balaban J connectivity index is 1.77. The molecule has 0 spiro atoms. The Labute approximate surface area is 151 Å². The summed E-state index contributed by atoms with van der Waals surface area (Å²) in [4.78, 5) is 11.9. The smallest absolute Gasteiger partial charge is 0.262 e. The molecule has 122 valence electrons. The zero-order valence-corrected chi connectivity index (χ0v) is 15.5. The highest BCUT2D eigenvalue weighted by Gasteiger charge is 2.04. The van der Waals surface area contributed by atoms with Gasteiger partial charge in [0, 0.05) is 9.26 Å². The number of rotatable bonds is 8. The van der Waals surface area contributed by atoms with Crippen molar-refractivity contribution >= 4 is 34.2 Å². The fourth-order valence-corrected chi connectivity index (χ4v) is 2.57. The van der Waals surface area contributed by atoms with E-state index < -0.39 is 0 Å². The van der Waals surface area contributed by atoms with Crippen LogP contribution in [-0.2, 0) is 11.2 Å². The summed E-state index contributed by atoms with van der Waals surface area (Å²) in [7, 11) is 0. The van der Waals surface area contributed by atoms with Crippen molar-refractivity contribution in [2.75, 3.05) is 11.9 Å². The fourth-order valence-electron chi connectivity index (χ4n) is 2.21. The Hall–Kier alpha value is -1.56. The van der Waals surface area contributed by atoms with E-state index in [1.54, 1.807) is 0 Å². The molecular formula is C19H22INO2. The van der Waals surface area contributed by atoms with Crippen LogP contribution in [0.3, 0.4) is 0 Å². The van der Waals surface area contributed by atoms with Crippen LogP contribution in [0.4, 0.5) is 5.69 Å². The third kappa shape index (κ3) is 6.60. The standard InChI is InChI=1S/C19H22INO2/c1-2-3-4-5-15-6-10-17(11-7-15)21-19(22)14-23-18-12-8-16(20)9-13-18/h6-13H,2-5,14H2,1H3,(H,21,22). The molecule has 1 N–H and O–H groups in total. The van der Waals surface area contributed by atoms with Gasteiger partial charge in [-0.3, -0.25) is 4.79 Å². The molecule has 0 fully saturated rings. The number of anilines is 1. The molecule has 0 unspecified atom stereocenters. The monoisotopic (exact) mass is 423 g/mol. The summed E-state index contributed by atoms with van der Waals surface area (Å²) in [5.41, 5.74) is 2.12. The molecule has 0 aliphatic carbocycles. The van der Waals surface area contributed by atoms with Gasteiger partial charge >= 0.3 is 0 Å². The number of hydrogen-bond donors (Lipinski definition) is 1. The van der Waals surface area contributed by atoms with Crippen molar-refractivity contribution in [3.63, 3.8) is 0 Å². The van der Waals surface area contributed by atoms with Crippen molar-refractivity contribution in [2.24, 2.45) is 0 Å². The number of aryl methyl sites for hydroxylation is 1. The normalized spacial score (nSPS) is 10.3. The van der Waals surface area contributed by atoms with Crippen LogP contribution in [0, 0.1) is 3.57 Å². The number of unbranched alkanes of at least 4 members (excludes halogenated alkanes) is 2. The van der Waals surface area contributed by atoms with E-state index in [4.69, 9.17) is 4.74 Å². The number of amides is 1. The Bertz CT molecular complexity index is 608. The molecule has 0 saturated heterocycles. The number of ether oxygens (including phenoxy) is 1. The average Bonchev–Trinajstić information content (AvgIpc) is 2.56. The molecule has 23 heavy (non-hydrogen) atoms. The second-order valence-corrected chi connectivity index (χ2v) is 6.69. The van der Waals surface area contributed by atoms with Crippen LogP contribution in [0.15, 0.2) is 48.5 Å². The fraction of sp³-hybridized carbons (Fsp3) is 0.316. The van der Waals surface area contributed by atoms with Gasteiger partial charge in [-0.1, -0.05) is 31.9 Å². The molecule has 0 radical (unpaired) electrons. The van der Waals surface area contributed by atoms with E-state index in [0.717, 1.165) is 15.7 Å². The molecule has 0 bridgehead atoms. The lowest BCUT2D eigenvalue weighted by molar-refractivity contribution is -0.118. The predicted molar refractivity (Wildman–Crippen MR) is 103 cm³/mol. The molecule has 0 atom stereocenters. The second-order valence-electron chi connectivity index (χ2n) is 5.44. The average molecular weight is 423 g/mol. The topological polar surface area (TPSA) is 38.3 Å². The van der Waals surface area contributed by atoms with Crippen molar-refractivity contribution in [2.45, 2.75) is 32.6 Å². The highest BCUT2D eigenvalue weighted by Crippen LogP contribution is 2.14. The van der Waals surface area contributed by atoms with Gasteiger partial charge < -0.3 is 10.1 Å². The maximum Gasteiger partial charge on any atom is 0.262 e. The van der Waals surface area contributed by atoms with Crippen LogP contribution in [0.1, 0.15) is 31.7 Å². The third-order valence-electron chi connectivity index (χ3n) is 3.49. The number of halogens is 1. The van der Waals surface area contributed by atoms with Crippen molar-refractivity contribution in [3.8, 4) is 5.75 Å². The van der Waals surface area contributed by atoms with E-state index in [1.165, 1.54) is 24.8 Å². The molecule has 2 rings (SSSR count). The summed E-state index contributed by atoms with van der Waals surface area (Å²) >= 11 is 2.23. The summed E-state index contributed by atoms with van der Waals surface area (Å²) in [6, 6.07) is 15.7. The summed E-state index contributed by atoms with van der Waals surface area (Å²) < 4.78 is 6.61. The predicted octanol–water partition coefficient (Wildman–Crippen LogP) is 5.04. The Morgan fingerprint density at radius 1 is 1.04 bits per heavy atom. The minimum atomic E-state index is -0.151. The summed E-state index contributed by atoms with van der Waals surface area (Å²) in [5.74, 6) is 0.550. The Morgan fingerprint density at radius 2 is 1.74 bits per heavy atom. The van der Waals surface area contributed by atoms with Gasteiger partial charge in [0.15, 0.2) is 6.61 Å². The summed E-state index contributed by atoms with van der Waals surface area (Å²) in [6.45, 7) is 2.22. The van der Waals surface area contributed by atoms with Gasteiger partial charge in [0.25, 0.3) is 5.91 Å². The zero-order valence-electron chi connectivity index (χ0n) is 13.3. The van der Waals surface area contributed by atoms with Crippen molar-refractivity contribution in [1.82, 2.24) is 0 Å². The Morgan fingerprint density at radius 3 is 2.39 bits per heavy atom. The molecule has 2 aromatic carbocycles. The van der Waals surface area contributed by atoms with E-state index >= 15 is 0 Å². The summed E-state index contributed by atoms with van der Waals surface area (Å²) in [5, 5.41) is 2.85. The van der Waals surface area contributed by atoms with Crippen LogP contribution in [0.5, 0.6) is 5.75 Å². The first-order valence-corrected chi connectivity index (χ1v) is 9.02. The lowest BCUT2D eigenvalue weighted by atomic mass is 10.1. The molecule has 0 heterocycles. The van der Waals surface area contributed by atoms with E-state index in [-0.39, 0.29) is 12.5 Å². The highest BCUT2D eigenvalue weighted by atomic mass is 127. The first kappa shape index (κ1) is 17.8. The molecule has 4 heteroatoms. The first-order chi connectivity index (χ1) is 11.2. The maximum atomic E-state index is 11.9.